The third kappa shape index (κ3) is 3.94. The van der Waals surface area contributed by atoms with Crippen LogP contribution in [0.15, 0.2) is 0 Å². The molecule has 102 valence electrons. The van der Waals surface area contributed by atoms with Crippen molar-refractivity contribution in [3.8, 4) is 0 Å². The van der Waals surface area contributed by atoms with Crippen LogP contribution in [0, 0.1) is 17.3 Å². The molecule has 1 aliphatic carbocycles. The van der Waals surface area contributed by atoms with Crippen LogP contribution >= 0.6 is 0 Å². The van der Waals surface area contributed by atoms with Gasteiger partial charge in [0.2, 0.25) is 0 Å². The summed E-state index contributed by atoms with van der Waals surface area (Å²) in [5.41, 5.74) is 0.212. The number of rotatable bonds is 7. The molecule has 3 heteroatoms. The van der Waals surface area contributed by atoms with Crippen molar-refractivity contribution in [3.63, 3.8) is 0 Å². The zero-order valence-electron chi connectivity index (χ0n) is 12.0. The first kappa shape index (κ1) is 14.9. The van der Waals surface area contributed by atoms with E-state index < -0.39 is 0 Å². The molecule has 0 aromatic heterocycles. The van der Waals surface area contributed by atoms with E-state index >= 15 is 0 Å². The maximum atomic E-state index is 9.00. The van der Waals surface area contributed by atoms with E-state index in [1.807, 2.05) is 0 Å². The fourth-order valence-electron chi connectivity index (χ4n) is 2.23. The first-order valence-corrected chi connectivity index (χ1v) is 6.83. The van der Waals surface area contributed by atoms with Crippen molar-refractivity contribution < 1.29 is 9.84 Å². The lowest BCUT2D eigenvalue weighted by molar-refractivity contribution is -0.124. The van der Waals surface area contributed by atoms with Crippen LogP contribution in [-0.2, 0) is 4.74 Å². The molecule has 0 aliphatic heterocycles. The Bertz CT molecular complexity index is 228. The van der Waals surface area contributed by atoms with Gasteiger partial charge in [-0.05, 0) is 18.3 Å². The molecule has 0 aromatic carbocycles. The quantitative estimate of drug-likeness (QED) is 0.719. The van der Waals surface area contributed by atoms with Gasteiger partial charge in [-0.1, -0.05) is 34.6 Å². The molecule has 3 unspecified atom stereocenters. The summed E-state index contributed by atoms with van der Waals surface area (Å²) in [7, 11) is 0. The molecule has 0 heterocycles. The second-order valence-electron chi connectivity index (χ2n) is 6.52. The van der Waals surface area contributed by atoms with E-state index in [1.165, 1.54) is 0 Å². The average molecular weight is 243 g/mol. The Hall–Kier alpha value is -0.120. The molecule has 3 atom stereocenters. The summed E-state index contributed by atoms with van der Waals surface area (Å²) in [5, 5.41) is 12.5. The van der Waals surface area contributed by atoms with Crippen LogP contribution in [0.2, 0.25) is 0 Å². The van der Waals surface area contributed by atoms with Gasteiger partial charge in [-0.15, -0.1) is 0 Å². The van der Waals surface area contributed by atoms with Gasteiger partial charge in [0.15, 0.2) is 0 Å². The first-order valence-electron chi connectivity index (χ1n) is 6.83. The Morgan fingerprint density at radius 1 is 1.35 bits per heavy atom. The van der Waals surface area contributed by atoms with Crippen LogP contribution in [0.4, 0.5) is 0 Å². The Labute approximate surface area is 106 Å². The molecule has 3 nitrogen and oxygen atoms in total. The number of aliphatic hydroxyl groups excluding tert-OH is 1. The molecule has 0 bridgehead atoms. The fraction of sp³-hybridized carbons (Fsp3) is 1.00. The summed E-state index contributed by atoms with van der Waals surface area (Å²) < 4.78 is 5.93. The van der Waals surface area contributed by atoms with Crippen LogP contribution in [0.25, 0.3) is 0 Å². The largest absolute Gasteiger partial charge is 0.396 e. The summed E-state index contributed by atoms with van der Waals surface area (Å²) in [6.45, 7) is 13.0. The van der Waals surface area contributed by atoms with E-state index in [4.69, 9.17) is 9.84 Å². The topological polar surface area (TPSA) is 41.5 Å². The average Bonchev–Trinajstić information content (AvgIpc) is 2.26. The van der Waals surface area contributed by atoms with E-state index in [0.29, 0.717) is 24.0 Å². The zero-order chi connectivity index (χ0) is 13.1. The second kappa shape index (κ2) is 6.17. The molecule has 2 N–H and O–H groups in total. The minimum Gasteiger partial charge on any atom is -0.396 e. The predicted octanol–water partition coefficient (Wildman–Crippen LogP) is 2.04. The minimum absolute atomic E-state index is 0.212. The second-order valence-corrected chi connectivity index (χ2v) is 6.52. The summed E-state index contributed by atoms with van der Waals surface area (Å²) >= 11 is 0. The Kier molecular flexibility index (Phi) is 5.42. The molecule has 0 aromatic rings. The molecule has 0 radical (unpaired) electrons. The molecule has 0 saturated heterocycles. The van der Waals surface area contributed by atoms with E-state index in [9.17, 15) is 0 Å². The van der Waals surface area contributed by atoms with Crippen LogP contribution in [0.3, 0.4) is 0 Å². The van der Waals surface area contributed by atoms with Gasteiger partial charge in [0.05, 0.1) is 6.10 Å². The SMILES string of the molecule is CC(C)COC1CC(NCC(C)CO)C1(C)C. The zero-order valence-corrected chi connectivity index (χ0v) is 12.0. The smallest absolute Gasteiger partial charge is 0.0656 e. The van der Waals surface area contributed by atoms with Gasteiger partial charge >= 0.3 is 0 Å². The highest BCUT2D eigenvalue weighted by Gasteiger charge is 2.48. The van der Waals surface area contributed by atoms with Gasteiger partial charge < -0.3 is 15.2 Å². The van der Waals surface area contributed by atoms with Crippen LogP contribution in [0.5, 0.6) is 0 Å². The molecule has 17 heavy (non-hydrogen) atoms. The maximum Gasteiger partial charge on any atom is 0.0656 e. The van der Waals surface area contributed by atoms with E-state index in [0.717, 1.165) is 19.6 Å². The molecule has 1 fully saturated rings. The molecule has 0 amide bonds. The lowest BCUT2D eigenvalue weighted by atomic mass is 9.64. The summed E-state index contributed by atoms with van der Waals surface area (Å²) in [6, 6.07) is 0.522. The number of aliphatic hydroxyl groups is 1. The monoisotopic (exact) mass is 243 g/mol. The predicted molar refractivity (Wildman–Crippen MR) is 71.0 cm³/mol. The molecular weight excluding hydrogens is 214 g/mol. The molecule has 1 saturated carbocycles. The lowest BCUT2D eigenvalue weighted by Gasteiger charge is -2.52. The van der Waals surface area contributed by atoms with E-state index in [2.05, 4.69) is 39.9 Å². The van der Waals surface area contributed by atoms with Gasteiger partial charge in [0.25, 0.3) is 0 Å². The number of hydrogen-bond donors (Lipinski definition) is 2. The third-order valence-electron chi connectivity index (χ3n) is 3.83. The highest BCUT2D eigenvalue weighted by molar-refractivity contribution is 5.02. The van der Waals surface area contributed by atoms with Crippen molar-refractivity contribution in [1.29, 1.82) is 0 Å². The van der Waals surface area contributed by atoms with Gasteiger partial charge in [-0.3, -0.25) is 0 Å². The van der Waals surface area contributed by atoms with Gasteiger partial charge in [-0.25, -0.2) is 0 Å². The Balaban J connectivity index is 2.28. The third-order valence-corrected chi connectivity index (χ3v) is 3.83. The fourth-order valence-corrected chi connectivity index (χ4v) is 2.23. The van der Waals surface area contributed by atoms with E-state index in [-0.39, 0.29) is 12.0 Å². The molecule has 0 spiro atoms. The highest BCUT2D eigenvalue weighted by Crippen LogP contribution is 2.42. The number of hydrogen-bond acceptors (Lipinski definition) is 3. The van der Waals surface area contributed by atoms with Gasteiger partial charge in [0.1, 0.15) is 0 Å². The standard InChI is InChI=1S/C14H29NO2/c1-10(2)9-17-13-6-12(14(13,4)5)15-7-11(3)8-16/h10-13,15-16H,6-9H2,1-5H3. The number of ether oxygens (including phenoxy) is 1. The Morgan fingerprint density at radius 3 is 2.47 bits per heavy atom. The first-order chi connectivity index (χ1) is 7.87. The summed E-state index contributed by atoms with van der Waals surface area (Å²) in [5.74, 6) is 0.939. The van der Waals surface area contributed by atoms with Crippen molar-refractivity contribution in [2.24, 2.45) is 17.3 Å². The van der Waals surface area contributed by atoms with Gasteiger partial charge in [-0.2, -0.15) is 0 Å². The maximum absolute atomic E-state index is 9.00. The minimum atomic E-state index is 0.212. The molecular formula is C14H29NO2. The van der Waals surface area contributed by atoms with Crippen molar-refractivity contribution in [1.82, 2.24) is 5.32 Å². The normalized spacial score (nSPS) is 29.1. The van der Waals surface area contributed by atoms with Crippen LogP contribution < -0.4 is 5.32 Å². The van der Waals surface area contributed by atoms with Crippen LogP contribution in [-0.4, -0.2) is 37.0 Å². The summed E-state index contributed by atoms with van der Waals surface area (Å²) in [4.78, 5) is 0. The lowest BCUT2D eigenvalue weighted by Crippen LogP contribution is -2.61. The van der Waals surface area contributed by atoms with Crippen molar-refractivity contribution in [2.75, 3.05) is 19.8 Å². The van der Waals surface area contributed by atoms with Crippen molar-refractivity contribution in [2.45, 2.75) is 53.2 Å². The molecule has 1 aliphatic rings. The van der Waals surface area contributed by atoms with Crippen molar-refractivity contribution in [3.05, 3.63) is 0 Å². The number of nitrogens with one attached hydrogen (secondary N) is 1. The Morgan fingerprint density at radius 2 is 2.00 bits per heavy atom. The van der Waals surface area contributed by atoms with E-state index in [1.54, 1.807) is 0 Å². The summed E-state index contributed by atoms with van der Waals surface area (Å²) in [6.07, 6.45) is 1.48. The van der Waals surface area contributed by atoms with Gasteiger partial charge in [0, 0.05) is 31.2 Å². The van der Waals surface area contributed by atoms with Crippen LogP contribution in [0.1, 0.15) is 41.0 Å². The van der Waals surface area contributed by atoms with Crippen molar-refractivity contribution >= 4 is 0 Å². The molecule has 1 rings (SSSR count). The highest BCUT2D eigenvalue weighted by atomic mass is 16.5.